The molecule has 0 saturated carbocycles. The first kappa shape index (κ1) is 13.8. The van der Waals surface area contributed by atoms with Crippen molar-refractivity contribution < 1.29 is 8.78 Å². The minimum absolute atomic E-state index is 0.153. The molecule has 0 amide bonds. The second-order valence-corrected chi connectivity index (χ2v) is 5.34. The molecule has 0 atom stereocenters. The van der Waals surface area contributed by atoms with Crippen LogP contribution in [-0.2, 0) is 0 Å². The van der Waals surface area contributed by atoms with E-state index in [0.29, 0.717) is 5.69 Å². The number of para-hydroxylation sites is 1. The van der Waals surface area contributed by atoms with Gasteiger partial charge in [-0.25, -0.2) is 8.78 Å². The number of hydrogen-bond donors (Lipinski definition) is 1. The van der Waals surface area contributed by atoms with Crippen molar-refractivity contribution in [2.45, 2.75) is 4.90 Å². The number of aromatic nitrogens is 1. The first-order valence-electron chi connectivity index (χ1n) is 6.33. The summed E-state index contributed by atoms with van der Waals surface area (Å²) in [5.41, 5.74) is 1.24. The zero-order chi connectivity index (χ0) is 14.8. The Hall–Kier alpha value is -2.14. The number of fused-ring (bicyclic) bond motifs is 1. The highest BCUT2D eigenvalue weighted by Gasteiger charge is 2.10. The lowest BCUT2D eigenvalue weighted by Crippen LogP contribution is -1.98. The third-order valence-electron chi connectivity index (χ3n) is 3.17. The number of anilines is 2. The van der Waals surface area contributed by atoms with E-state index in [4.69, 9.17) is 0 Å². The van der Waals surface area contributed by atoms with Crippen LogP contribution < -0.4 is 5.32 Å². The lowest BCUT2D eigenvalue weighted by molar-refractivity contribution is 0.591. The Bertz CT molecular complexity index is 785. The Labute approximate surface area is 125 Å². The van der Waals surface area contributed by atoms with Gasteiger partial charge >= 0.3 is 0 Å². The Kier molecular flexibility index (Phi) is 3.75. The highest BCUT2D eigenvalue weighted by atomic mass is 32.2. The molecule has 0 radical (unpaired) electrons. The summed E-state index contributed by atoms with van der Waals surface area (Å²) in [5, 5.41) is 3.66. The molecule has 3 aromatic rings. The van der Waals surface area contributed by atoms with Crippen molar-refractivity contribution in [3.63, 3.8) is 0 Å². The Morgan fingerprint density at radius 3 is 2.52 bits per heavy atom. The van der Waals surface area contributed by atoms with Crippen molar-refractivity contribution in [2.75, 3.05) is 11.6 Å². The molecule has 1 heterocycles. The lowest BCUT2D eigenvalue weighted by Gasteiger charge is -2.11. The predicted molar refractivity (Wildman–Crippen MR) is 83.2 cm³/mol. The summed E-state index contributed by atoms with van der Waals surface area (Å²) >= 11 is 1.60. The Morgan fingerprint density at radius 1 is 1.05 bits per heavy atom. The van der Waals surface area contributed by atoms with Gasteiger partial charge in [0.1, 0.15) is 17.3 Å². The molecule has 1 aromatic heterocycles. The van der Waals surface area contributed by atoms with Crippen molar-refractivity contribution in [2.24, 2.45) is 0 Å². The molecule has 0 saturated heterocycles. The summed E-state index contributed by atoms with van der Waals surface area (Å²) in [6.07, 6.45) is 3.59. The first-order valence-corrected chi connectivity index (χ1v) is 7.55. The van der Waals surface area contributed by atoms with E-state index >= 15 is 0 Å². The maximum Gasteiger partial charge on any atom is 0.149 e. The van der Waals surface area contributed by atoms with Gasteiger partial charge in [-0.15, -0.1) is 11.8 Å². The maximum atomic E-state index is 13.8. The molecule has 0 aliphatic heterocycles. The number of benzene rings is 2. The molecule has 21 heavy (non-hydrogen) atoms. The molecular weight excluding hydrogens is 290 g/mol. The van der Waals surface area contributed by atoms with Crippen molar-refractivity contribution >= 4 is 34.0 Å². The van der Waals surface area contributed by atoms with Crippen LogP contribution in [0.5, 0.6) is 0 Å². The molecule has 2 nitrogen and oxygen atoms in total. The lowest BCUT2D eigenvalue weighted by atomic mass is 10.1. The van der Waals surface area contributed by atoms with E-state index in [0.717, 1.165) is 15.8 Å². The minimum Gasteiger partial charge on any atom is -0.350 e. The summed E-state index contributed by atoms with van der Waals surface area (Å²) < 4.78 is 27.5. The van der Waals surface area contributed by atoms with E-state index in [2.05, 4.69) is 10.3 Å². The number of halogens is 2. The minimum atomic E-state index is -0.624. The van der Waals surface area contributed by atoms with Crippen molar-refractivity contribution in [3.8, 4) is 0 Å². The zero-order valence-corrected chi connectivity index (χ0v) is 12.0. The third kappa shape index (κ3) is 2.69. The van der Waals surface area contributed by atoms with Crippen LogP contribution in [-0.4, -0.2) is 11.2 Å². The smallest absolute Gasteiger partial charge is 0.149 e. The molecule has 0 aliphatic carbocycles. The van der Waals surface area contributed by atoms with E-state index in [-0.39, 0.29) is 5.69 Å². The molecule has 0 fully saturated rings. The zero-order valence-electron chi connectivity index (χ0n) is 11.2. The van der Waals surface area contributed by atoms with Crippen LogP contribution in [0.1, 0.15) is 0 Å². The quantitative estimate of drug-likeness (QED) is 0.691. The Balaban J connectivity index is 2.12. The van der Waals surface area contributed by atoms with Gasteiger partial charge in [-0.05, 0) is 42.7 Å². The van der Waals surface area contributed by atoms with Crippen molar-refractivity contribution in [3.05, 3.63) is 60.3 Å². The normalized spacial score (nSPS) is 10.8. The van der Waals surface area contributed by atoms with E-state index < -0.39 is 11.6 Å². The Morgan fingerprint density at radius 2 is 1.81 bits per heavy atom. The van der Waals surface area contributed by atoms with Gasteiger partial charge in [-0.1, -0.05) is 6.07 Å². The number of rotatable bonds is 3. The largest absolute Gasteiger partial charge is 0.350 e. The van der Waals surface area contributed by atoms with E-state index in [1.807, 2.05) is 24.5 Å². The van der Waals surface area contributed by atoms with Gasteiger partial charge in [-0.3, -0.25) is 4.98 Å². The highest BCUT2D eigenvalue weighted by Crippen LogP contribution is 2.30. The fraction of sp³-hybridized carbons (Fsp3) is 0.0625. The molecule has 2 aromatic carbocycles. The number of pyridine rings is 1. The van der Waals surface area contributed by atoms with Gasteiger partial charge in [0.2, 0.25) is 0 Å². The second-order valence-electron chi connectivity index (χ2n) is 4.46. The van der Waals surface area contributed by atoms with Crippen LogP contribution in [0.2, 0.25) is 0 Å². The van der Waals surface area contributed by atoms with Crippen molar-refractivity contribution in [1.29, 1.82) is 0 Å². The number of nitrogens with zero attached hydrogens (tertiary/aromatic N) is 1. The highest BCUT2D eigenvalue weighted by molar-refractivity contribution is 7.98. The molecule has 0 bridgehead atoms. The van der Waals surface area contributed by atoms with Gasteiger partial charge in [0, 0.05) is 22.2 Å². The van der Waals surface area contributed by atoms with Crippen LogP contribution >= 0.6 is 11.8 Å². The fourth-order valence-electron chi connectivity index (χ4n) is 2.11. The van der Waals surface area contributed by atoms with Crippen LogP contribution in [0, 0.1) is 11.6 Å². The van der Waals surface area contributed by atoms with Crippen LogP contribution in [0.25, 0.3) is 10.9 Å². The molecule has 0 spiro atoms. The average molecular weight is 302 g/mol. The van der Waals surface area contributed by atoms with Gasteiger partial charge in [0.05, 0.1) is 5.52 Å². The molecule has 0 aliphatic rings. The van der Waals surface area contributed by atoms with Crippen LogP contribution in [0.15, 0.2) is 53.6 Å². The van der Waals surface area contributed by atoms with Crippen molar-refractivity contribution in [1.82, 2.24) is 4.98 Å². The number of nitrogens with one attached hydrogen (secondary N) is 1. The summed E-state index contributed by atoms with van der Waals surface area (Å²) in [6.45, 7) is 0. The monoisotopic (exact) mass is 302 g/mol. The molecule has 5 heteroatoms. The average Bonchev–Trinajstić information content (AvgIpc) is 2.50. The number of thioether (sulfide) groups is 1. The fourth-order valence-corrected chi connectivity index (χ4v) is 2.55. The number of hydrogen-bond acceptors (Lipinski definition) is 3. The van der Waals surface area contributed by atoms with Crippen LogP contribution in [0.3, 0.4) is 0 Å². The molecule has 3 rings (SSSR count). The second kappa shape index (κ2) is 5.69. The van der Waals surface area contributed by atoms with E-state index in [1.54, 1.807) is 24.0 Å². The third-order valence-corrected chi connectivity index (χ3v) is 3.90. The van der Waals surface area contributed by atoms with E-state index in [1.165, 1.54) is 18.2 Å². The summed E-state index contributed by atoms with van der Waals surface area (Å²) in [5.74, 6) is -1.25. The van der Waals surface area contributed by atoms with Gasteiger partial charge in [0.25, 0.3) is 0 Å². The van der Waals surface area contributed by atoms with Gasteiger partial charge in [0.15, 0.2) is 0 Å². The summed E-state index contributed by atoms with van der Waals surface area (Å²) in [4.78, 5) is 5.33. The first-order chi connectivity index (χ1) is 10.2. The molecule has 1 N–H and O–H groups in total. The van der Waals surface area contributed by atoms with Gasteiger partial charge < -0.3 is 5.32 Å². The summed E-state index contributed by atoms with van der Waals surface area (Å²) in [7, 11) is 0. The van der Waals surface area contributed by atoms with Crippen LogP contribution in [0.4, 0.5) is 20.2 Å². The maximum absolute atomic E-state index is 13.8. The summed E-state index contributed by atoms with van der Waals surface area (Å²) in [6, 6.07) is 11.3. The topological polar surface area (TPSA) is 24.9 Å². The predicted octanol–water partition coefficient (Wildman–Crippen LogP) is 4.98. The standard InChI is InChI=1S/C16H12F2N2S/c1-21-10-5-6-14-11(9-10)15(7-8-19-14)20-16-12(17)3-2-4-13(16)18/h2-9H,1H3,(H,19,20). The molecular formula is C16H12F2N2S. The van der Waals surface area contributed by atoms with Gasteiger partial charge in [-0.2, -0.15) is 0 Å². The molecule has 106 valence electrons. The molecule has 0 unspecified atom stereocenters. The van der Waals surface area contributed by atoms with E-state index in [9.17, 15) is 8.78 Å². The SMILES string of the molecule is CSc1ccc2nccc(Nc3c(F)cccc3F)c2c1.